The Morgan fingerprint density at radius 3 is 2.70 bits per heavy atom. The summed E-state index contributed by atoms with van der Waals surface area (Å²) in [6.45, 7) is 0. The molecule has 1 N–H and O–H groups in total. The van der Waals surface area contributed by atoms with Gasteiger partial charge < -0.3 is 14.8 Å². The first-order valence-electron chi connectivity index (χ1n) is 6.74. The second-order valence-corrected chi connectivity index (χ2v) is 4.45. The van der Waals surface area contributed by atoms with Crippen LogP contribution in [0.3, 0.4) is 0 Å². The number of hydrogen-bond acceptors (Lipinski definition) is 5. The fraction of sp³-hybridized carbons (Fsp3) is 0.118. The van der Waals surface area contributed by atoms with Crippen molar-refractivity contribution < 1.29 is 14.3 Å². The van der Waals surface area contributed by atoms with Gasteiger partial charge in [0.1, 0.15) is 29.0 Å². The SMILES string of the molecule is COc1ccc(C=C(C#N)C(=O)Nc2ccccn2)c(OC)c1. The van der Waals surface area contributed by atoms with E-state index in [2.05, 4.69) is 10.3 Å². The Morgan fingerprint density at radius 2 is 2.09 bits per heavy atom. The predicted molar refractivity (Wildman–Crippen MR) is 86.0 cm³/mol. The number of benzene rings is 1. The lowest BCUT2D eigenvalue weighted by Gasteiger charge is -2.08. The molecule has 6 nitrogen and oxygen atoms in total. The van der Waals surface area contributed by atoms with Crippen LogP contribution < -0.4 is 14.8 Å². The molecule has 0 aliphatic carbocycles. The van der Waals surface area contributed by atoms with E-state index in [0.717, 1.165) is 0 Å². The third-order valence-corrected chi connectivity index (χ3v) is 3.01. The number of anilines is 1. The highest BCUT2D eigenvalue weighted by Gasteiger charge is 2.12. The van der Waals surface area contributed by atoms with Gasteiger partial charge in [0.05, 0.1) is 14.2 Å². The molecule has 1 amide bonds. The van der Waals surface area contributed by atoms with Crippen LogP contribution in [0.4, 0.5) is 5.82 Å². The Hall–Kier alpha value is -3.33. The predicted octanol–water partition coefficient (Wildman–Crippen LogP) is 2.64. The molecule has 0 aliphatic rings. The zero-order valence-corrected chi connectivity index (χ0v) is 12.7. The van der Waals surface area contributed by atoms with Crippen molar-refractivity contribution in [2.24, 2.45) is 0 Å². The molecular formula is C17H15N3O3. The van der Waals surface area contributed by atoms with Crippen molar-refractivity contribution in [2.75, 3.05) is 19.5 Å². The number of nitrogens with zero attached hydrogens (tertiary/aromatic N) is 2. The summed E-state index contributed by atoms with van der Waals surface area (Å²) < 4.78 is 10.4. The molecule has 0 unspecified atom stereocenters. The molecule has 0 bridgehead atoms. The molecule has 0 aliphatic heterocycles. The Morgan fingerprint density at radius 1 is 1.26 bits per heavy atom. The van der Waals surface area contributed by atoms with Gasteiger partial charge in [-0.15, -0.1) is 0 Å². The second kappa shape index (κ2) is 7.61. The number of nitrogens with one attached hydrogen (secondary N) is 1. The molecule has 1 aromatic carbocycles. The van der Waals surface area contributed by atoms with E-state index in [-0.39, 0.29) is 5.57 Å². The molecule has 0 saturated heterocycles. The van der Waals surface area contributed by atoms with Crippen LogP contribution in [0.15, 0.2) is 48.2 Å². The van der Waals surface area contributed by atoms with Gasteiger partial charge in [-0.1, -0.05) is 6.07 Å². The van der Waals surface area contributed by atoms with Crippen LogP contribution in [0.5, 0.6) is 11.5 Å². The summed E-state index contributed by atoms with van der Waals surface area (Å²) in [6, 6.07) is 12.1. The number of methoxy groups -OCH3 is 2. The van der Waals surface area contributed by atoms with Gasteiger partial charge in [-0.05, 0) is 30.3 Å². The number of carbonyl (C=O) groups excluding carboxylic acids is 1. The van der Waals surface area contributed by atoms with E-state index in [1.807, 2.05) is 6.07 Å². The molecule has 1 heterocycles. The molecule has 23 heavy (non-hydrogen) atoms. The van der Waals surface area contributed by atoms with Gasteiger partial charge in [0.25, 0.3) is 5.91 Å². The summed E-state index contributed by atoms with van der Waals surface area (Å²) in [5, 5.41) is 11.8. The number of aromatic nitrogens is 1. The molecule has 6 heteroatoms. The van der Waals surface area contributed by atoms with Gasteiger partial charge in [0.15, 0.2) is 0 Å². The van der Waals surface area contributed by atoms with Crippen LogP contribution in [-0.2, 0) is 4.79 Å². The van der Waals surface area contributed by atoms with Gasteiger partial charge in [-0.25, -0.2) is 4.98 Å². The third kappa shape index (κ3) is 4.08. The minimum absolute atomic E-state index is 0.0564. The first-order valence-corrected chi connectivity index (χ1v) is 6.74. The third-order valence-electron chi connectivity index (χ3n) is 3.01. The fourth-order valence-electron chi connectivity index (χ4n) is 1.86. The highest BCUT2D eigenvalue weighted by molar-refractivity contribution is 6.09. The van der Waals surface area contributed by atoms with Gasteiger partial charge >= 0.3 is 0 Å². The molecule has 0 radical (unpaired) electrons. The quantitative estimate of drug-likeness (QED) is 0.678. The highest BCUT2D eigenvalue weighted by Crippen LogP contribution is 2.26. The molecule has 0 saturated carbocycles. The van der Waals surface area contributed by atoms with Crippen LogP contribution in [0.25, 0.3) is 6.08 Å². The summed E-state index contributed by atoms with van der Waals surface area (Å²) in [5.41, 5.74) is 0.542. The maximum atomic E-state index is 12.2. The standard InChI is InChI=1S/C17H15N3O3/c1-22-14-7-6-12(15(10-14)23-2)9-13(11-18)17(21)20-16-5-3-4-8-19-16/h3-10H,1-2H3,(H,19,20,21). The number of rotatable bonds is 5. The van der Waals surface area contributed by atoms with E-state index in [1.54, 1.807) is 49.7 Å². The lowest BCUT2D eigenvalue weighted by atomic mass is 10.1. The van der Waals surface area contributed by atoms with Crippen LogP contribution in [-0.4, -0.2) is 25.1 Å². The van der Waals surface area contributed by atoms with Gasteiger partial charge in [0.2, 0.25) is 0 Å². The largest absolute Gasteiger partial charge is 0.497 e. The summed E-state index contributed by atoms with van der Waals surface area (Å²) in [6.07, 6.45) is 3.01. The lowest BCUT2D eigenvalue weighted by Crippen LogP contribution is -2.14. The number of nitriles is 1. The first kappa shape index (κ1) is 16.0. The number of ether oxygens (including phenoxy) is 2. The van der Waals surface area contributed by atoms with Crippen LogP contribution in [0, 0.1) is 11.3 Å². The smallest absolute Gasteiger partial charge is 0.267 e. The summed E-state index contributed by atoms with van der Waals surface area (Å²) in [7, 11) is 3.05. The number of pyridine rings is 1. The summed E-state index contributed by atoms with van der Waals surface area (Å²) in [4.78, 5) is 16.2. The van der Waals surface area contributed by atoms with Crippen LogP contribution in [0.2, 0.25) is 0 Å². The average Bonchev–Trinajstić information content (AvgIpc) is 2.60. The minimum Gasteiger partial charge on any atom is -0.497 e. The van der Waals surface area contributed by atoms with Crippen molar-refractivity contribution in [3.05, 3.63) is 53.7 Å². The number of carbonyl (C=O) groups is 1. The fourth-order valence-corrected chi connectivity index (χ4v) is 1.86. The van der Waals surface area contributed by atoms with E-state index in [0.29, 0.717) is 22.9 Å². The normalized spacial score (nSPS) is 10.6. The van der Waals surface area contributed by atoms with E-state index in [4.69, 9.17) is 9.47 Å². The van der Waals surface area contributed by atoms with Crippen LogP contribution >= 0.6 is 0 Å². The Bertz CT molecular complexity index is 764. The molecule has 1 aromatic heterocycles. The van der Waals surface area contributed by atoms with Crippen molar-refractivity contribution in [1.29, 1.82) is 5.26 Å². The molecule has 0 atom stereocenters. The van der Waals surface area contributed by atoms with Crippen molar-refractivity contribution >= 4 is 17.8 Å². The second-order valence-electron chi connectivity index (χ2n) is 4.45. The minimum atomic E-state index is -0.538. The summed E-state index contributed by atoms with van der Waals surface area (Å²) >= 11 is 0. The topological polar surface area (TPSA) is 84.2 Å². The number of hydrogen-bond donors (Lipinski definition) is 1. The van der Waals surface area contributed by atoms with Crippen molar-refractivity contribution in [2.45, 2.75) is 0 Å². The van der Waals surface area contributed by atoms with Crippen molar-refractivity contribution in [3.63, 3.8) is 0 Å². The van der Waals surface area contributed by atoms with Crippen molar-refractivity contribution in [1.82, 2.24) is 4.98 Å². The molecular weight excluding hydrogens is 294 g/mol. The molecule has 0 spiro atoms. The van der Waals surface area contributed by atoms with Gasteiger partial charge in [-0.3, -0.25) is 4.79 Å². The summed E-state index contributed by atoms with van der Waals surface area (Å²) in [5.74, 6) is 0.961. The zero-order valence-electron chi connectivity index (χ0n) is 12.7. The van der Waals surface area contributed by atoms with Gasteiger partial charge in [-0.2, -0.15) is 5.26 Å². The Balaban J connectivity index is 2.28. The van der Waals surface area contributed by atoms with E-state index >= 15 is 0 Å². The van der Waals surface area contributed by atoms with E-state index in [9.17, 15) is 10.1 Å². The maximum Gasteiger partial charge on any atom is 0.267 e. The van der Waals surface area contributed by atoms with E-state index < -0.39 is 5.91 Å². The molecule has 116 valence electrons. The Kier molecular flexibility index (Phi) is 5.31. The average molecular weight is 309 g/mol. The first-order chi connectivity index (χ1) is 11.2. The van der Waals surface area contributed by atoms with Crippen LogP contribution in [0.1, 0.15) is 5.56 Å². The molecule has 2 rings (SSSR count). The maximum absolute atomic E-state index is 12.2. The van der Waals surface area contributed by atoms with Gasteiger partial charge in [0, 0.05) is 17.8 Å². The molecule has 2 aromatic rings. The van der Waals surface area contributed by atoms with Crippen molar-refractivity contribution in [3.8, 4) is 17.6 Å². The molecule has 0 fully saturated rings. The Labute approximate surface area is 134 Å². The zero-order chi connectivity index (χ0) is 16.7. The monoisotopic (exact) mass is 309 g/mol. The highest BCUT2D eigenvalue weighted by atomic mass is 16.5. The van der Waals surface area contributed by atoms with E-state index in [1.165, 1.54) is 13.2 Å². The number of amides is 1. The lowest BCUT2D eigenvalue weighted by molar-refractivity contribution is -0.112.